The highest BCUT2D eigenvalue weighted by Gasteiger charge is 2.31. The summed E-state index contributed by atoms with van der Waals surface area (Å²) in [6.45, 7) is 4.87. The van der Waals surface area contributed by atoms with E-state index >= 15 is 0 Å². The third-order valence-corrected chi connectivity index (χ3v) is 5.33. The molecule has 3 rings (SSSR count). The first-order valence-corrected chi connectivity index (χ1v) is 9.71. The summed E-state index contributed by atoms with van der Waals surface area (Å²) in [7, 11) is 0. The Morgan fingerprint density at radius 3 is 2.66 bits per heavy atom. The first-order chi connectivity index (χ1) is 13.9. The van der Waals surface area contributed by atoms with Gasteiger partial charge in [0.05, 0.1) is 5.56 Å². The largest absolute Gasteiger partial charge is 0.336 e. The number of hydrogen-bond donors (Lipinski definition) is 1. The van der Waals surface area contributed by atoms with Gasteiger partial charge in [0.25, 0.3) is 11.5 Å². The third kappa shape index (κ3) is 4.37. The fourth-order valence-electron chi connectivity index (χ4n) is 3.65. The van der Waals surface area contributed by atoms with E-state index in [4.69, 9.17) is 5.26 Å². The van der Waals surface area contributed by atoms with E-state index in [0.717, 1.165) is 12.0 Å². The van der Waals surface area contributed by atoms with Crippen molar-refractivity contribution in [2.24, 2.45) is 0 Å². The quantitative estimate of drug-likeness (QED) is 0.863. The summed E-state index contributed by atoms with van der Waals surface area (Å²) in [5.41, 5.74) is 1.16. The molecule has 2 aromatic rings. The fourth-order valence-corrected chi connectivity index (χ4v) is 3.65. The van der Waals surface area contributed by atoms with Gasteiger partial charge in [-0.15, -0.1) is 0 Å². The number of aryl methyl sites for hydroxylation is 1. The van der Waals surface area contributed by atoms with Crippen LogP contribution in [-0.2, 0) is 11.3 Å². The molecule has 29 heavy (non-hydrogen) atoms. The van der Waals surface area contributed by atoms with Crippen LogP contribution in [0.3, 0.4) is 0 Å². The Labute approximate surface area is 169 Å². The minimum atomic E-state index is -0.506. The van der Waals surface area contributed by atoms with Gasteiger partial charge < -0.3 is 14.8 Å². The topological polar surface area (TPSA) is 97.3 Å². The molecule has 1 aromatic heterocycles. The second-order valence-electron chi connectivity index (χ2n) is 7.23. The maximum Gasteiger partial charge on any atom is 0.266 e. The molecule has 0 bridgehead atoms. The number of carbonyl (C=O) groups is 2. The van der Waals surface area contributed by atoms with Crippen LogP contribution in [0.5, 0.6) is 0 Å². The number of carbonyl (C=O) groups excluding carboxylic acids is 2. The van der Waals surface area contributed by atoms with Gasteiger partial charge in [0, 0.05) is 37.8 Å². The molecule has 1 saturated heterocycles. The maximum absolute atomic E-state index is 13.2. The molecular weight excluding hydrogens is 368 g/mol. The maximum atomic E-state index is 13.2. The minimum absolute atomic E-state index is 0.0203. The molecular formula is C22H24N4O3. The second kappa shape index (κ2) is 8.74. The van der Waals surface area contributed by atoms with Crippen molar-refractivity contribution < 1.29 is 9.59 Å². The molecule has 150 valence electrons. The Balaban J connectivity index is 1.86. The van der Waals surface area contributed by atoms with E-state index < -0.39 is 5.56 Å². The smallest absolute Gasteiger partial charge is 0.266 e. The third-order valence-electron chi connectivity index (χ3n) is 5.33. The molecule has 1 aromatic carbocycles. The van der Waals surface area contributed by atoms with Crippen LogP contribution in [-0.4, -0.2) is 45.7 Å². The van der Waals surface area contributed by atoms with Crippen LogP contribution in [0.25, 0.3) is 0 Å². The molecule has 1 fully saturated rings. The summed E-state index contributed by atoms with van der Waals surface area (Å²) in [5, 5.41) is 9.11. The Morgan fingerprint density at radius 1 is 1.28 bits per heavy atom. The van der Waals surface area contributed by atoms with E-state index in [9.17, 15) is 14.4 Å². The van der Waals surface area contributed by atoms with E-state index in [0.29, 0.717) is 30.9 Å². The SMILES string of the molecule is CC[C@@H]1CN(C(=O)c2cc(C#N)c(=O)[nH]c2C)CCC(=O)N1Cc1ccccc1. The molecule has 1 aliphatic rings. The molecule has 2 heterocycles. The highest BCUT2D eigenvalue weighted by Crippen LogP contribution is 2.20. The number of hydrogen-bond acceptors (Lipinski definition) is 4. The Hall–Kier alpha value is -3.40. The average Bonchev–Trinajstić information content (AvgIpc) is 2.88. The van der Waals surface area contributed by atoms with Crippen molar-refractivity contribution in [3.8, 4) is 6.07 Å². The molecule has 7 nitrogen and oxygen atoms in total. The first-order valence-electron chi connectivity index (χ1n) is 9.71. The van der Waals surface area contributed by atoms with Crippen LogP contribution in [0.4, 0.5) is 0 Å². The lowest BCUT2D eigenvalue weighted by atomic mass is 10.1. The van der Waals surface area contributed by atoms with E-state index in [2.05, 4.69) is 4.98 Å². The van der Waals surface area contributed by atoms with Crippen molar-refractivity contribution in [1.82, 2.24) is 14.8 Å². The number of nitrogens with zero attached hydrogens (tertiary/aromatic N) is 3. The second-order valence-corrected chi connectivity index (χ2v) is 7.23. The van der Waals surface area contributed by atoms with E-state index in [1.165, 1.54) is 6.07 Å². The minimum Gasteiger partial charge on any atom is -0.336 e. The van der Waals surface area contributed by atoms with Crippen LogP contribution in [0.1, 0.15) is 46.9 Å². The van der Waals surface area contributed by atoms with Gasteiger partial charge in [-0.3, -0.25) is 14.4 Å². The molecule has 1 aliphatic heterocycles. The molecule has 0 aliphatic carbocycles. The summed E-state index contributed by atoms with van der Waals surface area (Å²) in [5.74, 6) is -0.255. The van der Waals surface area contributed by atoms with Crippen molar-refractivity contribution in [3.63, 3.8) is 0 Å². The van der Waals surface area contributed by atoms with Crippen LogP contribution < -0.4 is 5.56 Å². The predicted octanol–water partition coefficient (Wildman–Crippen LogP) is 2.21. The lowest BCUT2D eigenvalue weighted by Gasteiger charge is -2.31. The number of rotatable bonds is 4. The number of benzene rings is 1. The predicted molar refractivity (Wildman–Crippen MR) is 108 cm³/mol. The van der Waals surface area contributed by atoms with Gasteiger partial charge in [0.1, 0.15) is 11.6 Å². The van der Waals surface area contributed by atoms with E-state index in [1.54, 1.807) is 11.8 Å². The number of amides is 2. The standard InChI is InChI=1S/C22H24N4O3/c1-3-18-14-25(22(29)19-11-17(12-23)21(28)24-15(19)2)10-9-20(27)26(18)13-16-7-5-4-6-8-16/h4-8,11,18H,3,9-10,13-14H2,1-2H3,(H,24,28)/t18-/m1/s1. The molecule has 7 heteroatoms. The number of nitriles is 1. The number of pyridine rings is 1. The van der Waals surface area contributed by atoms with Gasteiger partial charge in [0.15, 0.2) is 0 Å². The summed E-state index contributed by atoms with van der Waals surface area (Å²) >= 11 is 0. The zero-order valence-corrected chi connectivity index (χ0v) is 16.6. The van der Waals surface area contributed by atoms with Crippen LogP contribution >= 0.6 is 0 Å². The number of aromatic amines is 1. The Morgan fingerprint density at radius 2 is 2.00 bits per heavy atom. The van der Waals surface area contributed by atoms with Gasteiger partial charge in [-0.1, -0.05) is 37.3 Å². The molecule has 0 unspecified atom stereocenters. The lowest BCUT2D eigenvalue weighted by Crippen LogP contribution is -2.44. The molecule has 0 spiro atoms. The first kappa shape index (κ1) is 20.3. The summed E-state index contributed by atoms with van der Waals surface area (Å²) < 4.78 is 0. The van der Waals surface area contributed by atoms with Crippen molar-refractivity contribution in [1.29, 1.82) is 5.26 Å². The van der Waals surface area contributed by atoms with Crippen molar-refractivity contribution in [3.05, 3.63) is 69.1 Å². The molecule has 2 amide bonds. The van der Waals surface area contributed by atoms with Crippen molar-refractivity contribution in [2.45, 2.75) is 39.3 Å². The van der Waals surface area contributed by atoms with E-state index in [1.807, 2.05) is 48.2 Å². The van der Waals surface area contributed by atoms with Crippen LogP contribution in [0.2, 0.25) is 0 Å². The number of nitrogens with one attached hydrogen (secondary N) is 1. The van der Waals surface area contributed by atoms with Crippen LogP contribution in [0.15, 0.2) is 41.2 Å². The average molecular weight is 392 g/mol. The highest BCUT2D eigenvalue weighted by molar-refractivity contribution is 5.96. The monoisotopic (exact) mass is 392 g/mol. The summed E-state index contributed by atoms with van der Waals surface area (Å²) in [6.07, 6.45) is 0.957. The van der Waals surface area contributed by atoms with Crippen molar-refractivity contribution >= 4 is 11.8 Å². The Bertz CT molecular complexity index is 1010. The lowest BCUT2D eigenvalue weighted by molar-refractivity contribution is -0.133. The van der Waals surface area contributed by atoms with E-state index in [-0.39, 0.29) is 29.8 Å². The zero-order valence-electron chi connectivity index (χ0n) is 16.6. The van der Waals surface area contributed by atoms with Gasteiger partial charge in [-0.25, -0.2) is 0 Å². The van der Waals surface area contributed by atoms with Gasteiger partial charge >= 0.3 is 0 Å². The summed E-state index contributed by atoms with van der Waals surface area (Å²) in [4.78, 5) is 43.8. The number of aromatic nitrogens is 1. The highest BCUT2D eigenvalue weighted by atomic mass is 16.2. The normalized spacial score (nSPS) is 17.0. The van der Waals surface area contributed by atoms with Crippen LogP contribution in [0, 0.1) is 18.3 Å². The number of H-pyrrole nitrogens is 1. The fraction of sp³-hybridized carbons (Fsp3) is 0.364. The zero-order chi connectivity index (χ0) is 21.0. The van der Waals surface area contributed by atoms with Crippen molar-refractivity contribution in [2.75, 3.05) is 13.1 Å². The van der Waals surface area contributed by atoms with Gasteiger partial charge in [0.2, 0.25) is 5.91 Å². The molecule has 1 N–H and O–H groups in total. The van der Waals surface area contributed by atoms with Gasteiger partial charge in [-0.05, 0) is 25.0 Å². The molecule has 0 radical (unpaired) electrons. The van der Waals surface area contributed by atoms with Gasteiger partial charge in [-0.2, -0.15) is 5.26 Å². The Kier molecular flexibility index (Phi) is 6.13. The molecule has 1 atom stereocenters. The summed E-state index contributed by atoms with van der Waals surface area (Å²) in [6, 6.07) is 12.9. The molecule has 0 saturated carbocycles.